The summed E-state index contributed by atoms with van der Waals surface area (Å²) in [6.45, 7) is 1.34. The van der Waals surface area contributed by atoms with Gasteiger partial charge in [-0.3, -0.25) is 0 Å². The molecule has 0 bridgehead atoms. The Labute approximate surface area is 207 Å². The second-order valence-corrected chi connectivity index (χ2v) is 9.46. The van der Waals surface area contributed by atoms with Gasteiger partial charge in [0.1, 0.15) is 11.5 Å². The van der Waals surface area contributed by atoms with Crippen molar-refractivity contribution in [3.63, 3.8) is 0 Å². The molecule has 0 fully saturated rings. The summed E-state index contributed by atoms with van der Waals surface area (Å²) < 4.78 is 81.9. The zero-order valence-corrected chi connectivity index (χ0v) is 20.9. The first-order valence-electron chi connectivity index (χ1n) is 9.52. The van der Waals surface area contributed by atoms with Crippen molar-refractivity contribution in [2.75, 3.05) is 20.6 Å². The smallest absolute Gasteiger partial charge is 0.336 e. The van der Waals surface area contributed by atoms with Crippen molar-refractivity contribution in [1.82, 2.24) is 13.9 Å². The summed E-state index contributed by atoms with van der Waals surface area (Å²) in [5.74, 6) is -0.553. The first-order chi connectivity index (χ1) is 14.9. The summed E-state index contributed by atoms with van der Waals surface area (Å²) in [6.07, 6.45) is -3.50. The highest BCUT2D eigenvalue weighted by molar-refractivity contribution is 7.89. The minimum Gasteiger partial charge on any atom is -0.336 e. The Morgan fingerprint density at radius 3 is 2.38 bits per heavy atom. The maximum Gasteiger partial charge on any atom is 0.433 e. The number of halogens is 6. The molecule has 0 aliphatic carbocycles. The van der Waals surface area contributed by atoms with Gasteiger partial charge in [-0.1, -0.05) is 12.1 Å². The lowest BCUT2D eigenvalue weighted by Gasteiger charge is -2.13. The summed E-state index contributed by atoms with van der Waals surface area (Å²) in [5, 5.41) is 0. The molecule has 0 aliphatic heterocycles. The van der Waals surface area contributed by atoms with Crippen LogP contribution < -0.4 is 5.73 Å². The Morgan fingerprint density at radius 2 is 1.82 bits per heavy atom. The molecule has 0 saturated heterocycles. The van der Waals surface area contributed by atoms with Gasteiger partial charge in [-0.2, -0.15) is 13.2 Å². The molecule has 0 aliphatic rings. The SMILES string of the molecule is Cc1c(-c2cccc(S(=O)(=O)N(C)C)c2)c2nc(C(F)(F)F)ccc2n1CC(F)=CCN.Cl.Cl. The van der Waals surface area contributed by atoms with Crippen LogP contribution in [0.2, 0.25) is 0 Å². The van der Waals surface area contributed by atoms with Crippen LogP contribution in [0.4, 0.5) is 17.6 Å². The number of hydrogen-bond acceptors (Lipinski definition) is 4. The summed E-state index contributed by atoms with van der Waals surface area (Å²) in [6, 6.07) is 7.91. The summed E-state index contributed by atoms with van der Waals surface area (Å²) in [7, 11) is -1.03. The van der Waals surface area contributed by atoms with E-state index in [1.807, 2.05) is 0 Å². The van der Waals surface area contributed by atoms with Crippen molar-refractivity contribution >= 4 is 45.9 Å². The Balaban J connectivity index is 0.00000289. The fourth-order valence-corrected chi connectivity index (χ4v) is 4.36. The molecule has 2 N–H and O–H groups in total. The van der Waals surface area contributed by atoms with Crippen LogP contribution in [0.15, 0.2) is 53.2 Å². The Bertz CT molecular complexity index is 1310. The largest absolute Gasteiger partial charge is 0.433 e. The van der Waals surface area contributed by atoms with Gasteiger partial charge in [-0.05, 0) is 42.8 Å². The van der Waals surface area contributed by atoms with Crippen molar-refractivity contribution in [1.29, 1.82) is 0 Å². The minimum atomic E-state index is -4.68. The van der Waals surface area contributed by atoms with Crippen molar-refractivity contribution in [3.05, 3.63) is 59.7 Å². The zero-order valence-electron chi connectivity index (χ0n) is 18.4. The van der Waals surface area contributed by atoms with E-state index in [1.165, 1.54) is 49.0 Å². The topological polar surface area (TPSA) is 81.2 Å². The van der Waals surface area contributed by atoms with Gasteiger partial charge < -0.3 is 10.3 Å². The molecule has 13 heteroatoms. The maximum absolute atomic E-state index is 14.3. The second kappa shape index (κ2) is 11.0. The number of nitrogens with two attached hydrogens (primary N) is 1. The van der Waals surface area contributed by atoms with Crippen molar-refractivity contribution in [2.45, 2.75) is 24.5 Å². The van der Waals surface area contributed by atoms with E-state index in [0.717, 1.165) is 10.4 Å². The molecule has 0 unspecified atom stereocenters. The van der Waals surface area contributed by atoms with Crippen LogP contribution >= 0.6 is 24.8 Å². The van der Waals surface area contributed by atoms with Crippen LogP contribution in [0.25, 0.3) is 22.2 Å². The fourth-order valence-electron chi connectivity index (χ4n) is 3.41. The van der Waals surface area contributed by atoms with Gasteiger partial charge in [0.05, 0.1) is 22.5 Å². The number of pyridine rings is 1. The summed E-state index contributed by atoms with van der Waals surface area (Å²) in [5.41, 5.74) is 5.62. The molecule has 0 atom stereocenters. The van der Waals surface area contributed by atoms with E-state index in [4.69, 9.17) is 5.73 Å². The van der Waals surface area contributed by atoms with Crippen molar-refractivity contribution in [2.24, 2.45) is 5.73 Å². The number of allylic oxidation sites excluding steroid dienone is 1. The number of sulfonamides is 1. The lowest BCUT2D eigenvalue weighted by Crippen LogP contribution is -2.22. The van der Waals surface area contributed by atoms with Gasteiger partial charge >= 0.3 is 6.18 Å². The minimum absolute atomic E-state index is 0. The Hall–Kier alpha value is -2.18. The number of aromatic nitrogens is 2. The molecule has 188 valence electrons. The predicted molar refractivity (Wildman–Crippen MR) is 129 cm³/mol. The third kappa shape index (κ3) is 5.72. The van der Waals surface area contributed by atoms with E-state index in [-0.39, 0.29) is 53.8 Å². The average Bonchev–Trinajstić information content (AvgIpc) is 2.98. The molecule has 3 aromatic rings. The Morgan fingerprint density at radius 1 is 1.18 bits per heavy atom. The van der Waals surface area contributed by atoms with Gasteiger partial charge in [0.2, 0.25) is 10.0 Å². The van der Waals surface area contributed by atoms with E-state index in [0.29, 0.717) is 16.8 Å². The van der Waals surface area contributed by atoms with Gasteiger partial charge in [-0.15, -0.1) is 24.8 Å². The molecule has 3 rings (SSSR count). The zero-order chi connectivity index (χ0) is 23.8. The van der Waals surface area contributed by atoms with Crippen LogP contribution in [-0.4, -0.2) is 42.9 Å². The second-order valence-electron chi connectivity index (χ2n) is 7.31. The number of alkyl halides is 3. The van der Waals surface area contributed by atoms with Gasteiger partial charge in [-0.25, -0.2) is 22.1 Å². The van der Waals surface area contributed by atoms with Crippen molar-refractivity contribution < 1.29 is 26.0 Å². The lowest BCUT2D eigenvalue weighted by molar-refractivity contribution is -0.140. The van der Waals surface area contributed by atoms with Crippen molar-refractivity contribution in [3.8, 4) is 11.1 Å². The molecule has 0 spiro atoms. The number of hydrogen-bond donors (Lipinski definition) is 1. The third-order valence-electron chi connectivity index (χ3n) is 5.01. The van der Waals surface area contributed by atoms with Crippen LogP contribution in [-0.2, 0) is 22.7 Å². The normalized spacial score (nSPS) is 12.6. The highest BCUT2D eigenvalue weighted by atomic mass is 35.5. The van der Waals surface area contributed by atoms with E-state index in [9.17, 15) is 26.0 Å². The quantitative estimate of drug-likeness (QED) is 0.447. The summed E-state index contributed by atoms with van der Waals surface area (Å²) in [4.78, 5) is 3.79. The number of nitrogens with zero attached hydrogens (tertiary/aromatic N) is 3. The van der Waals surface area contributed by atoms with Crippen LogP contribution in [0.1, 0.15) is 11.4 Å². The van der Waals surface area contributed by atoms with E-state index >= 15 is 0 Å². The maximum atomic E-state index is 14.3. The number of fused-ring (bicyclic) bond motifs is 1. The first kappa shape index (κ1) is 29.9. The van der Waals surface area contributed by atoms with E-state index in [2.05, 4.69) is 4.98 Å². The molecule has 2 aromatic heterocycles. The predicted octanol–water partition coefficient (Wildman–Crippen LogP) is 4.94. The molecule has 1 aromatic carbocycles. The van der Waals surface area contributed by atoms with Gasteiger partial charge in [0.15, 0.2) is 0 Å². The fraction of sp³-hybridized carbons (Fsp3) is 0.286. The van der Waals surface area contributed by atoms with Crippen LogP contribution in [0.5, 0.6) is 0 Å². The number of rotatable bonds is 6. The monoisotopic (exact) mass is 542 g/mol. The first-order valence-corrected chi connectivity index (χ1v) is 11.0. The molecule has 6 nitrogen and oxygen atoms in total. The van der Waals surface area contributed by atoms with Crippen LogP contribution in [0.3, 0.4) is 0 Å². The summed E-state index contributed by atoms with van der Waals surface area (Å²) >= 11 is 0. The standard InChI is InChI=1S/C21H22F4N4O2S.2ClH/c1-13-19(14-5-4-6-16(11-14)32(30,31)28(2)3)20-17(29(13)12-15(22)9-10-26)7-8-18(27-20)21(23,24)25;;/h4-9,11H,10,12,26H2,1-3H3;2*1H. The Kier molecular flexibility index (Phi) is 9.69. The van der Waals surface area contributed by atoms with Crippen LogP contribution in [0, 0.1) is 6.92 Å². The lowest BCUT2D eigenvalue weighted by atomic mass is 10.0. The molecule has 2 heterocycles. The molecular weight excluding hydrogens is 519 g/mol. The molecule has 0 saturated carbocycles. The van der Waals surface area contributed by atoms with Gasteiger partial charge in [0, 0.05) is 31.9 Å². The van der Waals surface area contributed by atoms with Gasteiger partial charge in [0.25, 0.3) is 0 Å². The van der Waals surface area contributed by atoms with E-state index < -0.39 is 27.7 Å². The number of benzene rings is 1. The molecule has 0 amide bonds. The average molecular weight is 543 g/mol. The third-order valence-corrected chi connectivity index (χ3v) is 6.82. The van der Waals surface area contributed by atoms with E-state index in [1.54, 1.807) is 13.0 Å². The molecular formula is C21H24Cl2F4N4O2S. The highest BCUT2D eigenvalue weighted by Crippen LogP contribution is 2.37. The molecule has 0 radical (unpaired) electrons. The highest BCUT2D eigenvalue weighted by Gasteiger charge is 2.33. The molecule has 34 heavy (non-hydrogen) atoms.